The zero-order chi connectivity index (χ0) is 17.8. The van der Waals surface area contributed by atoms with Crippen LogP contribution >= 0.6 is 0 Å². The third kappa shape index (κ3) is 3.33. The molecule has 0 bridgehead atoms. The van der Waals surface area contributed by atoms with E-state index < -0.39 is 0 Å². The normalized spacial score (nSPS) is 12.3. The molecule has 0 aliphatic heterocycles. The third-order valence-corrected chi connectivity index (χ3v) is 4.47. The molecule has 0 aliphatic rings. The fourth-order valence-corrected chi connectivity index (χ4v) is 3.20. The van der Waals surface area contributed by atoms with E-state index in [1.54, 1.807) is 14.2 Å². The van der Waals surface area contributed by atoms with Gasteiger partial charge in [0.2, 0.25) is 0 Å². The van der Waals surface area contributed by atoms with Crippen LogP contribution in [0.4, 0.5) is 0 Å². The van der Waals surface area contributed by atoms with Gasteiger partial charge in [-0.2, -0.15) is 0 Å². The van der Waals surface area contributed by atoms with Crippen LogP contribution in [-0.2, 0) is 13.1 Å². The van der Waals surface area contributed by atoms with Crippen molar-refractivity contribution < 1.29 is 9.47 Å². The van der Waals surface area contributed by atoms with Crippen LogP contribution in [0.1, 0.15) is 31.3 Å². The van der Waals surface area contributed by atoms with Crippen molar-refractivity contribution in [3.05, 3.63) is 53.9 Å². The van der Waals surface area contributed by atoms with Crippen LogP contribution in [-0.4, -0.2) is 23.8 Å². The van der Waals surface area contributed by atoms with E-state index >= 15 is 0 Å². The Morgan fingerprint density at radius 1 is 1.08 bits per heavy atom. The summed E-state index contributed by atoms with van der Waals surface area (Å²) < 4.78 is 13.1. The zero-order valence-corrected chi connectivity index (χ0v) is 15.2. The molecule has 0 saturated carbocycles. The Morgan fingerprint density at radius 2 is 1.88 bits per heavy atom. The predicted octanol–water partition coefficient (Wildman–Crippen LogP) is 3.92. The summed E-state index contributed by atoms with van der Waals surface area (Å²) in [7, 11) is 3.32. The molecule has 0 spiro atoms. The van der Waals surface area contributed by atoms with Crippen molar-refractivity contribution in [2.45, 2.75) is 33.0 Å². The zero-order valence-electron chi connectivity index (χ0n) is 15.2. The molecule has 1 N–H and O–H groups in total. The minimum absolute atomic E-state index is 0.114. The van der Waals surface area contributed by atoms with Gasteiger partial charge in [-0.25, -0.2) is 4.98 Å². The van der Waals surface area contributed by atoms with Crippen LogP contribution < -0.4 is 14.8 Å². The molecule has 5 heteroatoms. The molecule has 1 aromatic heterocycles. The van der Waals surface area contributed by atoms with E-state index in [4.69, 9.17) is 14.5 Å². The number of hydrogen-bond acceptors (Lipinski definition) is 4. The summed E-state index contributed by atoms with van der Waals surface area (Å²) in [4.78, 5) is 4.82. The first kappa shape index (κ1) is 17.3. The van der Waals surface area contributed by atoms with E-state index in [0.29, 0.717) is 6.54 Å². The molecule has 0 saturated heterocycles. The van der Waals surface area contributed by atoms with Crippen LogP contribution in [0.25, 0.3) is 11.0 Å². The molecule has 1 unspecified atom stereocenters. The number of rotatable bonds is 7. The maximum atomic E-state index is 5.51. The molecular weight excluding hydrogens is 314 g/mol. The van der Waals surface area contributed by atoms with Crippen molar-refractivity contribution in [2.24, 2.45) is 0 Å². The molecule has 132 valence electrons. The van der Waals surface area contributed by atoms with Gasteiger partial charge >= 0.3 is 0 Å². The van der Waals surface area contributed by atoms with Crippen LogP contribution in [0.2, 0.25) is 0 Å². The number of aromatic nitrogens is 2. The first-order valence-electron chi connectivity index (χ1n) is 8.58. The lowest BCUT2D eigenvalue weighted by molar-refractivity contribution is 0.349. The minimum Gasteiger partial charge on any atom is -0.493 e. The van der Waals surface area contributed by atoms with Crippen molar-refractivity contribution in [1.29, 1.82) is 0 Å². The van der Waals surface area contributed by atoms with Gasteiger partial charge in [-0.15, -0.1) is 0 Å². The van der Waals surface area contributed by atoms with Crippen molar-refractivity contribution in [2.75, 3.05) is 14.2 Å². The maximum absolute atomic E-state index is 5.51. The quantitative estimate of drug-likeness (QED) is 0.709. The Labute approximate surface area is 148 Å². The second-order valence-corrected chi connectivity index (χ2v) is 5.96. The van der Waals surface area contributed by atoms with E-state index in [9.17, 15) is 0 Å². The number of benzene rings is 2. The predicted molar refractivity (Wildman–Crippen MR) is 100 cm³/mol. The van der Waals surface area contributed by atoms with Gasteiger partial charge in [0.15, 0.2) is 11.5 Å². The van der Waals surface area contributed by atoms with Crippen LogP contribution in [0, 0.1) is 0 Å². The van der Waals surface area contributed by atoms with Gasteiger partial charge in [0.1, 0.15) is 5.82 Å². The average molecular weight is 339 g/mol. The summed E-state index contributed by atoms with van der Waals surface area (Å²) >= 11 is 0. The van der Waals surface area contributed by atoms with Gasteiger partial charge in [0, 0.05) is 18.7 Å². The smallest absolute Gasteiger partial charge is 0.165 e. The Kier molecular flexibility index (Phi) is 5.24. The molecule has 3 aromatic rings. The van der Waals surface area contributed by atoms with E-state index in [2.05, 4.69) is 41.9 Å². The summed E-state index contributed by atoms with van der Waals surface area (Å²) in [5, 5.41) is 3.56. The highest BCUT2D eigenvalue weighted by Crippen LogP contribution is 2.31. The largest absolute Gasteiger partial charge is 0.493 e. The molecule has 0 fully saturated rings. The number of para-hydroxylation sites is 3. The fourth-order valence-electron chi connectivity index (χ4n) is 3.20. The average Bonchev–Trinajstić information content (AvgIpc) is 3.04. The van der Waals surface area contributed by atoms with Gasteiger partial charge in [0.25, 0.3) is 0 Å². The van der Waals surface area contributed by atoms with Crippen molar-refractivity contribution in [1.82, 2.24) is 14.9 Å². The van der Waals surface area contributed by atoms with E-state index in [1.165, 1.54) is 5.52 Å². The number of hydrogen-bond donors (Lipinski definition) is 1. The first-order valence-corrected chi connectivity index (χ1v) is 8.58. The van der Waals surface area contributed by atoms with E-state index in [1.807, 2.05) is 24.3 Å². The van der Waals surface area contributed by atoms with Crippen molar-refractivity contribution >= 4 is 11.0 Å². The maximum Gasteiger partial charge on any atom is 0.165 e. The molecule has 1 atom stereocenters. The molecular formula is C20H25N3O2. The van der Waals surface area contributed by atoms with Crippen LogP contribution in [0.3, 0.4) is 0 Å². The minimum atomic E-state index is 0.114. The topological polar surface area (TPSA) is 48.3 Å². The number of fused-ring (bicyclic) bond motifs is 1. The van der Waals surface area contributed by atoms with Gasteiger partial charge in [-0.05, 0) is 32.0 Å². The molecule has 0 radical (unpaired) electrons. The van der Waals surface area contributed by atoms with Gasteiger partial charge in [-0.1, -0.05) is 24.3 Å². The lowest BCUT2D eigenvalue weighted by Crippen LogP contribution is -2.22. The summed E-state index contributed by atoms with van der Waals surface area (Å²) in [6.45, 7) is 5.86. The third-order valence-electron chi connectivity index (χ3n) is 4.47. The number of ether oxygens (including phenoxy) is 2. The summed E-state index contributed by atoms with van der Waals surface area (Å²) in [6, 6.07) is 14.3. The first-order chi connectivity index (χ1) is 12.2. The standard InChI is InChI=1S/C20H25N3O2/c1-5-23-17-11-7-6-10-16(17)22-20(23)14(2)21-13-15-9-8-12-18(24-3)19(15)25-4/h6-12,14,21H,5,13H2,1-4H3. The Hall–Kier alpha value is -2.53. The van der Waals surface area contributed by atoms with Gasteiger partial charge in [0.05, 0.1) is 31.3 Å². The number of imidazole rings is 1. The molecule has 0 aliphatic carbocycles. The lowest BCUT2D eigenvalue weighted by atomic mass is 10.1. The lowest BCUT2D eigenvalue weighted by Gasteiger charge is -2.17. The monoisotopic (exact) mass is 339 g/mol. The SMILES string of the molecule is CCn1c(C(C)NCc2cccc(OC)c2OC)nc2ccccc21. The Balaban J connectivity index is 1.83. The number of methoxy groups -OCH3 is 2. The van der Waals surface area contributed by atoms with Gasteiger partial charge in [-0.3, -0.25) is 0 Å². The Bertz CT molecular complexity index is 857. The molecule has 3 rings (SSSR count). The highest BCUT2D eigenvalue weighted by Gasteiger charge is 2.16. The molecule has 1 heterocycles. The van der Waals surface area contributed by atoms with Crippen LogP contribution in [0.15, 0.2) is 42.5 Å². The summed E-state index contributed by atoms with van der Waals surface area (Å²) in [5.74, 6) is 2.56. The second-order valence-electron chi connectivity index (χ2n) is 5.96. The molecule has 2 aromatic carbocycles. The number of nitrogens with one attached hydrogen (secondary N) is 1. The summed E-state index contributed by atoms with van der Waals surface area (Å²) in [6.07, 6.45) is 0. The highest BCUT2D eigenvalue weighted by atomic mass is 16.5. The molecule has 5 nitrogen and oxygen atoms in total. The highest BCUT2D eigenvalue weighted by molar-refractivity contribution is 5.76. The van der Waals surface area contributed by atoms with Crippen molar-refractivity contribution in [3.63, 3.8) is 0 Å². The van der Waals surface area contributed by atoms with Crippen LogP contribution in [0.5, 0.6) is 11.5 Å². The molecule has 0 amide bonds. The Morgan fingerprint density at radius 3 is 2.60 bits per heavy atom. The van der Waals surface area contributed by atoms with E-state index in [-0.39, 0.29) is 6.04 Å². The fraction of sp³-hybridized carbons (Fsp3) is 0.350. The molecule has 25 heavy (non-hydrogen) atoms. The van der Waals surface area contributed by atoms with E-state index in [0.717, 1.165) is 34.9 Å². The summed E-state index contributed by atoms with van der Waals surface area (Å²) in [5.41, 5.74) is 3.27. The number of aryl methyl sites for hydroxylation is 1. The second kappa shape index (κ2) is 7.57. The number of nitrogens with zero attached hydrogens (tertiary/aromatic N) is 2. The van der Waals surface area contributed by atoms with Crippen molar-refractivity contribution in [3.8, 4) is 11.5 Å². The van der Waals surface area contributed by atoms with Gasteiger partial charge < -0.3 is 19.4 Å².